The number of piperidine rings is 1. The molecule has 9 heteroatoms. The molecule has 2 amide bonds. The number of nitrogens with one attached hydrogen (secondary N) is 1. The predicted molar refractivity (Wildman–Crippen MR) is 119 cm³/mol. The highest BCUT2D eigenvalue weighted by Crippen LogP contribution is 2.24. The number of nitrogens with zero attached hydrogens (tertiary/aromatic N) is 3. The predicted octanol–water partition coefficient (Wildman–Crippen LogP) is 4.17. The fourth-order valence-electron chi connectivity index (χ4n) is 3.53. The Kier molecular flexibility index (Phi) is 6.70. The number of hydrogen-bond acceptors (Lipinski definition) is 6. The van der Waals surface area contributed by atoms with Crippen molar-refractivity contribution < 1.29 is 18.7 Å². The molecule has 0 saturated carbocycles. The summed E-state index contributed by atoms with van der Waals surface area (Å²) >= 11 is 5.90. The van der Waals surface area contributed by atoms with Gasteiger partial charge in [-0.2, -0.15) is 0 Å². The van der Waals surface area contributed by atoms with Crippen molar-refractivity contribution >= 4 is 29.1 Å². The van der Waals surface area contributed by atoms with Gasteiger partial charge in [0.15, 0.2) is 6.61 Å². The highest BCUT2D eigenvalue weighted by Gasteiger charge is 2.26. The molecule has 1 N–H and O–H groups in total. The van der Waals surface area contributed by atoms with Crippen molar-refractivity contribution in [2.75, 3.05) is 18.4 Å². The van der Waals surface area contributed by atoms with Crippen LogP contribution in [0.5, 0.6) is 5.75 Å². The summed E-state index contributed by atoms with van der Waals surface area (Å²) in [5, 5.41) is 11.6. The second-order valence-electron chi connectivity index (χ2n) is 7.59. The first-order chi connectivity index (χ1) is 15.5. The Bertz CT molecular complexity index is 1090. The second kappa shape index (κ2) is 9.82. The second-order valence-corrected chi connectivity index (χ2v) is 8.03. The van der Waals surface area contributed by atoms with E-state index in [9.17, 15) is 9.59 Å². The first kappa shape index (κ1) is 21.8. The van der Waals surface area contributed by atoms with Gasteiger partial charge in [-0.1, -0.05) is 17.7 Å². The Morgan fingerprint density at radius 3 is 2.62 bits per heavy atom. The number of rotatable bonds is 6. The molecule has 1 fully saturated rings. The van der Waals surface area contributed by atoms with Crippen LogP contribution < -0.4 is 10.1 Å². The summed E-state index contributed by atoms with van der Waals surface area (Å²) in [4.78, 5) is 25.8. The minimum Gasteiger partial charge on any atom is -0.484 e. The fourth-order valence-corrected chi connectivity index (χ4v) is 3.66. The van der Waals surface area contributed by atoms with Crippen LogP contribution in [0.2, 0.25) is 5.02 Å². The third-order valence-electron chi connectivity index (χ3n) is 5.33. The van der Waals surface area contributed by atoms with Gasteiger partial charge in [-0.15, -0.1) is 10.2 Å². The van der Waals surface area contributed by atoms with Crippen LogP contribution >= 0.6 is 11.6 Å². The third-order valence-corrected chi connectivity index (χ3v) is 5.58. The van der Waals surface area contributed by atoms with Crippen LogP contribution in [0.4, 0.5) is 5.69 Å². The summed E-state index contributed by atoms with van der Waals surface area (Å²) in [6.07, 6.45) is 1.32. The highest BCUT2D eigenvalue weighted by atomic mass is 35.5. The van der Waals surface area contributed by atoms with Crippen LogP contribution in [0.3, 0.4) is 0 Å². The number of carbonyl (C=O) groups excluding carboxylic acids is 2. The number of aromatic nitrogens is 2. The zero-order valence-corrected chi connectivity index (χ0v) is 18.3. The summed E-state index contributed by atoms with van der Waals surface area (Å²) in [6.45, 7) is 2.87. The van der Waals surface area contributed by atoms with E-state index in [0.717, 1.165) is 5.56 Å². The zero-order valence-electron chi connectivity index (χ0n) is 17.6. The maximum atomic E-state index is 12.6. The minimum absolute atomic E-state index is 0.0464. The van der Waals surface area contributed by atoms with Gasteiger partial charge in [0.1, 0.15) is 5.75 Å². The van der Waals surface area contributed by atoms with E-state index in [-0.39, 0.29) is 24.3 Å². The SMILES string of the molecule is CC(=O)N1CCC(C(=O)Nc2cccc(OCc3nnc(-c4ccc(Cl)cc4)o3)c2)CC1. The maximum Gasteiger partial charge on any atom is 0.254 e. The molecule has 166 valence electrons. The summed E-state index contributed by atoms with van der Waals surface area (Å²) < 4.78 is 11.4. The van der Waals surface area contributed by atoms with E-state index in [4.69, 9.17) is 20.8 Å². The summed E-state index contributed by atoms with van der Waals surface area (Å²) in [5.74, 6) is 1.18. The molecular weight excluding hydrogens is 432 g/mol. The summed E-state index contributed by atoms with van der Waals surface area (Å²) in [7, 11) is 0. The molecule has 2 aromatic carbocycles. The molecule has 8 nitrogen and oxygen atoms in total. The molecule has 0 atom stereocenters. The Morgan fingerprint density at radius 2 is 1.91 bits per heavy atom. The van der Waals surface area contributed by atoms with Crippen molar-refractivity contribution in [2.45, 2.75) is 26.4 Å². The number of carbonyl (C=O) groups is 2. The van der Waals surface area contributed by atoms with Crippen LogP contribution in [0, 0.1) is 5.92 Å². The first-order valence-corrected chi connectivity index (χ1v) is 10.7. The number of amides is 2. The standard InChI is InChI=1S/C23H23ClN4O4/c1-15(29)28-11-9-16(10-12-28)22(30)25-19-3-2-4-20(13-19)31-14-21-26-27-23(32-21)17-5-7-18(24)8-6-17/h2-8,13,16H,9-12,14H2,1H3,(H,25,30). The van der Waals surface area contributed by atoms with Crippen LogP contribution in [0.15, 0.2) is 52.9 Å². The molecule has 0 unspecified atom stereocenters. The lowest BCUT2D eigenvalue weighted by Gasteiger charge is -2.30. The number of anilines is 1. The Hall–Kier alpha value is -3.39. The van der Waals surface area contributed by atoms with Gasteiger partial charge in [-0.05, 0) is 49.2 Å². The number of benzene rings is 2. The Labute approximate surface area is 190 Å². The van der Waals surface area contributed by atoms with Gasteiger partial charge in [0.2, 0.25) is 17.7 Å². The molecule has 0 aliphatic carbocycles. The van der Waals surface area contributed by atoms with Gasteiger partial charge in [0.05, 0.1) is 0 Å². The molecule has 0 bridgehead atoms. The molecule has 1 aromatic heterocycles. The minimum atomic E-state index is -0.111. The molecule has 1 saturated heterocycles. The average Bonchev–Trinajstić information content (AvgIpc) is 3.27. The van der Waals surface area contributed by atoms with Gasteiger partial charge in [0.25, 0.3) is 5.89 Å². The van der Waals surface area contributed by atoms with E-state index in [2.05, 4.69) is 15.5 Å². The fraction of sp³-hybridized carbons (Fsp3) is 0.304. The highest BCUT2D eigenvalue weighted by molar-refractivity contribution is 6.30. The lowest BCUT2D eigenvalue weighted by Crippen LogP contribution is -2.40. The molecule has 0 spiro atoms. The average molecular weight is 455 g/mol. The third kappa shape index (κ3) is 5.45. The van der Waals surface area contributed by atoms with Crippen molar-refractivity contribution in [3.05, 3.63) is 59.4 Å². The maximum absolute atomic E-state index is 12.6. The lowest BCUT2D eigenvalue weighted by molar-refractivity contribution is -0.132. The van der Waals surface area contributed by atoms with E-state index >= 15 is 0 Å². The number of hydrogen-bond donors (Lipinski definition) is 1. The van der Waals surface area contributed by atoms with Crippen LogP contribution in [-0.2, 0) is 16.2 Å². The van der Waals surface area contributed by atoms with Crippen molar-refractivity contribution in [3.63, 3.8) is 0 Å². The number of likely N-dealkylation sites (tertiary alicyclic amines) is 1. The van der Waals surface area contributed by atoms with E-state index in [1.807, 2.05) is 0 Å². The number of halogens is 1. The van der Waals surface area contributed by atoms with Gasteiger partial charge in [-0.25, -0.2) is 0 Å². The van der Waals surface area contributed by atoms with Gasteiger partial charge in [-0.3, -0.25) is 9.59 Å². The molecule has 2 heterocycles. The van der Waals surface area contributed by atoms with Crippen molar-refractivity contribution in [1.29, 1.82) is 0 Å². The van der Waals surface area contributed by atoms with Crippen molar-refractivity contribution in [2.24, 2.45) is 5.92 Å². The molecule has 1 aliphatic rings. The van der Waals surface area contributed by atoms with Crippen LogP contribution in [-0.4, -0.2) is 40.0 Å². The molecular formula is C23H23ClN4O4. The summed E-state index contributed by atoms with van der Waals surface area (Å²) in [5.41, 5.74) is 1.42. The normalized spacial score (nSPS) is 14.2. The lowest BCUT2D eigenvalue weighted by atomic mass is 9.96. The van der Waals surface area contributed by atoms with Gasteiger partial charge >= 0.3 is 0 Å². The van der Waals surface area contributed by atoms with Crippen molar-refractivity contribution in [3.8, 4) is 17.2 Å². The summed E-state index contributed by atoms with van der Waals surface area (Å²) in [6, 6.07) is 14.3. The number of ether oxygens (including phenoxy) is 1. The van der Waals surface area contributed by atoms with Crippen LogP contribution in [0.25, 0.3) is 11.5 Å². The molecule has 1 aliphatic heterocycles. The van der Waals surface area contributed by atoms with Crippen molar-refractivity contribution in [1.82, 2.24) is 15.1 Å². The van der Waals surface area contributed by atoms with Gasteiger partial charge < -0.3 is 19.4 Å². The van der Waals surface area contributed by atoms with E-state index in [0.29, 0.717) is 54.2 Å². The quantitative estimate of drug-likeness (QED) is 0.600. The molecule has 3 aromatic rings. The Morgan fingerprint density at radius 1 is 1.16 bits per heavy atom. The molecule has 4 rings (SSSR count). The largest absolute Gasteiger partial charge is 0.484 e. The smallest absolute Gasteiger partial charge is 0.254 e. The Balaban J connectivity index is 1.31. The van der Waals surface area contributed by atoms with Gasteiger partial charge in [0, 0.05) is 48.3 Å². The molecule has 32 heavy (non-hydrogen) atoms. The zero-order chi connectivity index (χ0) is 22.5. The topological polar surface area (TPSA) is 97.6 Å². The monoisotopic (exact) mass is 454 g/mol. The first-order valence-electron chi connectivity index (χ1n) is 10.4. The van der Waals surface area contributed by atoms with Crippen LogP contribution in [0.1, 0.15) is 25.7 Å². The van der Waals surface area contributed by atoms with E-state index in [1.54, 1.807) is 60.4 Å². The van der Waals surface area contributed by atoms with E-state index in [1.165, 1.54) is 0 Å². The van der Waals surface area contributed by atoms with E-state index < -0.39 is 0 Å². The molecule has 0 radical (unpaired) electrons.